The van der Waals surface area contributed by atoms with Crippen LogP contribution in [0.1, 0.15) is 350 Å². The van der Waals surface area contributed by atoms with Crippen molar-refractivity contribution in [2.45, 2.75) is 368 Å². The Hall–Kier alpha value is -1.94. The molecule has 2 unspecified atom stereocenters. The molecule has 522 valence electrons. The first kappa shape index (κ1) is 86.1. The molecule has 0 saturated carbocycles. The minimum absolute atomic E-state index is 0.103. The number of hydrogen-bond donors (Lipinski definition) is 3. The predicted octanol–water partition coefficient (Wildman–Crippen LogP) is 19.6. The van der Waals surface area contributed by atoms with E-state index < -0.39 is 97.5 Å². The van der Waals surface area contributed by atoms with Crippen LogP contribution in [0.2, 0.25) is 0 Å². The number of aliphatic hydroxyl groups is 1. The van der Waals surface area contributed by atoms with Gasteiger partial charge in [-0.05, 0) is 37.5 Å². The van der Waals surface area contributed by atoms with Crippen molar-refractivity contribution < 1.29 is 80.2 Å². The Labute approximate surface area is 537 Å². The first-order valence-electron chi connectivity index (χ1n) is 36.0. The molecule has 0 aliphatic rings. The number of carbonyl (C=O) groups excluding carboxylic acids is 4. The third-order valence-corrected chi connectivity index (χ3v) is 17.9. The molecule has 0 fully saturated rings. The molecule has 0 aliphatic heterocycles. The number of phosphoric ester groups is 2. The van der Waals surface area contributed by atoms with Gasteiger partial charge < -0.3 is 33.8 Å². The van der Waals surface area contributed by atoms with Crippen molar-refractivity contribution in [3.63, 3.8) is 0 Å². The van der Waals surface area contributed by atoms with E-state index in [9.17, 15) is 43.2 Å². The molecular weight excluding hydrogens is 1160 g/mol. The summed E-state index contributed by atoms with van der Waals surface area (Å²) in [4.78, 5) is 72.3. The van der Waals surface area contributed by atoms with Crippen molar-refractivity contribution >= 4 is 39.5 Å². The van der Waals surface area contributed by atoms with Gasteiger partial charge >= 0.3 is 39.5 Å². The number of rotatable bonds is 68. The Balaban J connectivity index is 5.20. The zero-order valence-corrected chi connectivity index (χ0v) is 58.8. The molecule has 0 radical (unpaired) electrons. The molecule has 3 N–H and O–H groups in total. The smallest absolute Gasteiger partial charge is 0.462 e. The van der Waals surface area contributed by atoms with Gasteiger partial charge in [-0.1, -0.05) is 298 Å². The number of aliphatic hydroxyl groups excluding tert-OH is 1. The molecular formula is C69H134O17P2. The molecule has 0 aromatic rings. The molecule has 0 saturated heterocycles. The molecule has 88 heavy (non-hydrogen) atoms. The molecule has 17 nitrogen and oxygen atoms in total. The highest BCUT2D eigenvalue weighted by Gasteiger charge is 2.30. The molecule has 0 aliphatic carbocycles. The molecule has 0 amide bonds. The number of phosphoric acid groups is 2. The van der Waals surface area contributed by atoms with Gasteiger partial charge in [-0.15, -0.1) is 0 Å². The zero-order valence-electron chi connectivity index (χ0n) is 57.0. The van der Waals surface area contributed by atoms with Gasteiger partial charge in [0.2, 0.25) is 0 Å². The molecule has 0 bridgehead atoms. The maximum atomic E-state index is 13.0. The summed E-state index contributed by atoms with van der Waals surface area (Å²) in [6, 6.07) is 0. The lowest BCUT2D eigenvalue weighted by molar-refractivity contribution is -0.161. The maximum Gasteiger partial charge on any atom is 0.472 e. The number of hydrogen-bond acceptors (Lipinski definition) is 15. The van der Waals surface area contributed by atoms with Crippen LogP contribution in [-0.2, 0) is 65.4 Å². The van der Waals surface area contributed by atoms with E-state index in [0.29, 0.717) is 31.6 Å². The van der Waals surface area contributed by atoms with Crippen LogP contribution < -0.4 is 0 Å². The largest absolute Gasteiger partial charge is 0.472 e. The summed E-state index contributed by atoms with van der Waals surface area (Å²) in [5.41, 5.74) is 0. The third kappa shape index (κ3) is 62.8. The van der Waals surface area contributed by atoms with Gasteiger partial charge in [0, 0.05) is 25.7 Å². The van der Waals surface area contributed by atoms with Gasteiger partial charge in [-0.3, -0.25) is 37.3 Å². The summed E-state index contributed by atoms with van der Waals surface area (Å²) in [5.74, 6) is -0.653. The lowest BCUT2D eigenvalue weighted by atomic mass is 10.0. The SMILES string of the molecule is CCCCCCCCCCCCCCCCCCC(=O)O[C@H](COC(=O)CCCCCCCCCCCCCCC(C)C)COP(=O)(O)OC[C@@H](O)COP(=O)(O)OC[C@@H](COC(=O)CCCCCCCCC)OC(=O)CCCCCCCCCC(C)C. The molecule has 0 aromatic carbocycles. The second kappa shape index (κ2) is 61.3. The van der Waals surface area contributed by atoms with E-state index in [4.69, 9.17) is 37.0 Å². The first-order valence-corrected chi connectivity index (χ1v) is 39.0. The van der Waals surface area contributed by atoms with Crippen molar-refractivity contribution in [3.8, 4) is 0 Å². The average molecular weight is 1300 g/mol. The number of esters is 4. The van der Waals surface area contributed by atoms with Gasteiger partial charge in [-0.25, -0.2) is 9.13 Å². The predicted molar refractivity (Wildman–Crippen MR) is 354 cm³/mol. The van der Waals surface area contributed by atoms with Crippen molar-refractivity contribution in [2.24, 2.45) is 11.8 Å². The van der Waals surface area contributed by atoms with Crippen molar-refractivity contribution in [1.29, 1.82) is 0 Å². The average Bonchev–Trinajstić information content (AvgIpc) is 3.62. The van der Waals surface area contributed by atoms with Crippen LogP contribution in [0.3, 0.4) is 0 Å². The fourth-order valence-electron chi connectivity index (χ4n) is 10.4. The zero-order chi connectivity index (χ0) is 65.0. The van der Waals surface area contributed by atoms with Gasteiger partial charge in [0.1, 0.15) is 19.3 Å². The van der Waals surface area contributed by atoms with Crippen LogP contribution in [0.4, 0.5) is 0 Å². The summed E-state index contributed by atoms with van der Waals surface area (Å²) in [7, 11) is -9.89. The van der Waals surface area contributed by atoms with Gasteiger partial charge in [0.25, 0.3) is 0 Å². The fourth-order valence-corrected chi connectivity index (χ4v) is 12.0. The van der Waals surface area contributed by atoms with Crippen molar-refractivity contribution in [3.05, 3.63) is 0 Å². The van der Waals surface area contributed by atoms with E-state index in [1.165, 1.54) is 154 Å². The van der Waals surface area contributed by atoms with Crippen LogP contribution in [0, 0.1) is 11.8 Å². The Bertz CT molecular complexity index is 1720. The van der Waals surface area contributed by atoms with Crippen LogP contribution in [0.5, 0.6) is 0 Å². The molecule has 5 atom stereocenters. The lowest BCUT2D eigenvalue weighted by Crippen LogP contribution is -2.30. The maximum absolute atomic E-state index is 13.0. The van der Waals surface area contributed by atoms with Crippen LogP contribution in [0.25, 0.3) is 0 Å². The minimum atomic E-state index is -4.95. The molecule has 19 heteroatoms. The van der Waals surface area contributed by atoms with Crippen LogP contribution in [0.15, 0.2) is 0 Å². The van der Waals surface area contributed by atoms with E-state index in [1.807, 2.05) is 0 Å². The summed E-state index contributed by atoms with van der Waals surface area (Å²) in [6.07, 6.45) is 46.0. The Kier molecular flexibility index (Phi) is 59.9. The minimum Gasteiger partial charge on any atom is -0.462 e. The van der Waals surface area contributed by atoms with Crippen LogP contribution in [-0.4, -0.2) is 96.7 Å². The summed E-state index contributed by atoms with van der Waals surface area (Å²) in [6.45, 7) is 9.45. The molecule has 0 spiro atoms. The van der Waals surface area contributed by atoms with E-state index in [2.05, 4.69) is 41.5 Å². The standard InChI is InChI=1S/C69H134O17P2/c1-7-9-11-13-15-16-17-18-19-20-21-26-29-35-41-47-53-68(73)85-65(58-80-67(72)52-46-40-34-28-25-23-22-24-27-32-37-43-49-61(3)4)60-84-88(77,78)82-56-63(70)55-81-87(75,76)83-59-64(57-79-66(71)51-45-39-31-14-12-10-8-2)86-69(74)54-48-42-36-30-33-38-44-50-62(5)6/h61-65,70H,7-60H2,1-6H3,(H,75,76)(H,77,78)/t63-,64+,65+/m0/s1. The van der Waals surface area contributed by atoms with E-state index in [-0.39, 0.29) is 25.7 Å². The third-order valence-electron chi connectivity index (χ3n) is 16.0. The summed E-state index contributed by atoms with van der Waals surface area (Å²) >= 11 is 0. The van der Waals surface area contributed by atoms with E-state index >= 15 is 0 Å². The van der Waals surface area contributed by atoms with Gasteiger partial charge in [0.05, 0.1) is 26.4 Å². The van der Waals surface area contributed by atoms with Crippen LogP contribution >= 0.6 is 15.6 Å². The summed E-state index contributed by atoms with van der Waals surface area (Å²) < 4.78 is 68.1. The monoisotopic (exact) mass is 1300 g/mol. The Morgan fingerprint density at radius 2 is 0.523 bits per heavy atom. The number of carbonyl (C=O) groups is 4. The fraction of sp³-hybridized carbons (Fsp3) is 0.942. The molecule has 0 rings (SSSR count). The normalized spacial score (nSPS) is 14.2. The first-order chi connectivity index (χ1) is 42.4. The lowest BCUT2D eigenvalue weighted by Gasteiger charge is -2.21. The second-order valence-corrected chi connectivity index (χ2v) is 28.8. The van der Waals surface area contributed by atoms with Crippen molar-refractivity contribution in [1.82, 2.24) is 0 Å². The van der Waals surface area contributed by atoms with Gasteiger partial charge in [-0.2, -0.15) is 0 Å². The number of unbranched alkanes of at least 4 members (excludes halogenated alkanes) is 38. The highest BCUT2D eigenvalue weighted by atomic mass is 31.2. The quantitative estimate of drug-likeness (QED) is 0.0222. The topological polar surface area (TPSA) is 237 Å². The highest BCUT2D eigenvalue weighted by molar-refractivity contribution is 7.47. The molecule has 0 heterocycles. The summed E-state index contributed by atoms with van der Waals surface area (Å²) in [5, 5.41) is 10.6. The second-order valence-electron chi connectivity index (χ2n) is 25.9. The molecule has 0 aromatic heterocycles. The highest BCUT2D eigenvalue weighted by Crippen LogP contribution is 2.45. The Morgan fingerprint density at radius 1 is 0.307 bits per heavy atom. The Morgan fingerprint density at radius 3 is 0.773 bits per heavy atom. The van der Waals surface area contributed by atoms with E-state index in [1.54, 1.807) is 0 Å². The van der Waals surface area contributed by atoms with Gasteiger partial charge in [0.15, 0.2) is 12.2 Å². The number of ether oxygens (including phenoxy) is 4. The van der Waals surface area contributed by atoms with Crippen molar-refractivity contribution in [2.75, 3.05) is 39.6 Å². The van der Waals surface area contributed by atoms with E-state index in [0.717, 1.165) is 109 Å².